The molecule has 0 bridgehead atoms. The van der Waals surface area contributed by atoms with Crippen LogP contribution < -0.4 is 14.8 Å². The van der Waals surface area contributed by atoms with E-state index in [1.807, 2.05) is 86.6 Å². The quantitative estimate of drug-likeness (QED) is 0.279. The molecule has 0 heterocycles. The van der Waals surface area contributed by atoms with Gasteiger partial charge in [0.15, 0.2) is 0 Å². The Labute approximate surface area is 207 Å². The van der Waals surface area contributed by atoms with E-state index in [0.717, 1.165) is 51.4 Å². The Bertz CT molecular complexity index is 1280. The number of carbonyl (C=O) groups is 1. The van der Waals surface area contributed by atoms with Crippen LogP contribution in [0.1, 0.15) is 40.9 Å². The maximum absolute atomic E-state index is 13.1. The summed E-state index contributed by atoms with van der Waals surface area (Å²) in [6, 6.07) is 29.8. The minimum absolute atomic E-state index is 0.148. The van der Waals surface area contributed by atoms with Crippen LogP contribution in [0.5, 0.6) is 11.5 Å². The van der Waals surface area contributed by atoms with Crippen molar-refractivity contribution in [2.45, 2.75) is 33.8 Å². The molecule has 4 heteroatoms. The summed E-state index contributed by atoms with van der Waals surface area (Å²) in [6.45, 7) is 6.87. The van der Waals surface area contributed by atoms with Crippen LogP contribution in [0.15, 0.2) is 91.0 Å². The first kappa shape index (κ1) is 24.1. The van der Waals surface area contributed by atoms with E-state index in [4.69, 9.17) is 9.47 Å². The summed E-state index contributed by atoms with van der Waals surface area (Å²) in [6.07, 6.45) is 0.850. The van der Waals surface area contributed by atoms with Gasteiger partial charge in [0.05, 0.1) is 6.61 Å². The smallest absolute Gasteiger partial charge is 0.255 e. The highest BCUT2D eigenvalue weighted by Gasteiger charge is 2.14. The summed E-state index contributed by atoms with van der Waals surface area (Å²) >= 11 is 0. The molecule has 4 aromatic carbocycles. The van der Waals surface area contributed by atoms with E-state index < -0.39 is 0 Å². The molecule has 4 aromatic rings. The van der Waals surface area contributed by atoms with E-state index in [1.165, 1.54) is 0 Å². The number of ether oxygens (including phenoxy) is 2. The third kappa shape index (κ3) is 5.90. The second-order valence-corrected chi connectivity index (χ2v) is 8.35. The molecular formula is C31H31NO3. The lowest BCUT2D eigenvalue weighted by Gasteiger charge is -2.15. The molecule has 1 amide bonds. The van der Waals surface area contributed by atoms with E-state index >= 15 is 0 Å². The van der Waals surface area contributed by atoms with Crippen molar-refractivity contribution in [1.82, 2.24) is 0 Å². The second kappa shape index (κ2) is 11.4. The summed E-state index contributed by atoms with van der Waals surface area (Å²) in [5, 5.41) is 3.10. The number of carbonyl (C=O) groups excluding carboxylic acids is 1. The Hall–Kier alpha value is -4.05. The second-order valence-electron chi connectivity index (χ2n) is 8.35. The first-order valence-electron chi connectivity index (χ1n) is 12.0. The van der Waals surface area contributed by atoms with Gasteiger partial charge < -0.3 is 14.8 Å². The molecule has 178 valence electrons. The molecule has 1 N–H and O–H groups in total. The Kier molecular flexibility index (Phi) is 7.84. The lowest BCUT2D eigenvalue weighted by Crippen LogP contribution is -2.15. The van der Waals surface area contributed by atoms with E-state index in [9.17, 15) is 4.79 Å². The van der Waals surface area contributed by atoms with Gasteiger partial charge in [0.1, 0.15) is 18.1 Å². The van der Waals surface area contributed by atoms with Crippen molar-refractivity contribution in [2.75, 3.05) is 11.9 Å². The number of hydrogen-bond acceptors (Lipinski definition) is 3. The highest BCUT2D eigenvalue weighted by molar-refractivity contribution is 6.05. The molecule has 0 radical (unpaired) electrons. The van der Waals surface area contributed by atoms with Crippen LogP contribution in [0.3, 0.4) is 0 Å². The summed E-state index contributed by atoms with van der Waals surface area (Å²) < 4.78 is 11.9. The van der Waals surface area contributed by atoms with Crippen LogP contribution in [-0.4, -0.2) is 12.5 Å². The van der Waals surface area contributed by atoms with Crippen molar-refractivity contribution in [3.05, 3.63) is 113 Å². The molecule has 4 nitrogen and oxygen atoms in total. The molecule has 0 atom stereocenters. The average molecular weight is 466 g/mol. The predicted octanol–water partition coefficient (Wildman–Crippen LogP) is 7.45. The maximum Gasteiger partial charge on any atom is 0.255 e. The summed E-state index contributed by atoms with van der Waals surface area (Å²) in [7, 11) is 0. The van der Waals surface area contributed by atoms with Gasteiger partial charge in [-0.1, -0.05) is 67.6 Å². The van der Waals surface area contributed by atoms with Gasteiger partial charge in [-0.3, -0.25) is 4.79 Å². The highest BCUT2D eigenvalue weighted by atomic mass is 16.5. The van der Waals surface area contributed by atoms with Crippen molar-refractivity contribution in [2.24, 2.45) is 0 Å². The van der Waals surface area contributed by atoms with Gasteiger partial charge in [-0.2, -0.15) is 0 Å². The van der Waals surface area contributed by atoms with E-state index in [1.54, 1.807) is 6.07 Å². The molecule has 0 aromatic heterocycles. The number of hydrogen-bond donors (Lipinski definition) is 1. The molecule has 0 saturated heterocycles. The SMILES string of the molecule is CCOc1ccc(C(=O)Nc2c(C)cccc2CC)cc1COc1ccc(-c2ccccc2)cc1. The Morgan fingerprint density at radius 2 is 1.51 bits per heavy atom. The van der Waals surface area contributed by atoms with Crippen LogP contribution in [-0.2, 0) is 13.0 Å². The Morgan fingerprint density at radius 3 is 2.23 bits per heavy atom. The minimum atomic E-state index is -0.148. The van der Waals surface area contributed by atoms with Gasteiger partial charge in [0.25, 0.3) is 5.91 Å². The number of rotatable bonds is 9. The van der Waals surface area contributed by atoms with Gasteiger partial charge in [-0.25, -0.2) is 0 Å². The lowest BCUT2D eigenvalue weighted by atomic mass is 10.0. The van der Waals surface area contributed by atoms with Crippen molar-refractivity contribution in [1.29, 1.82) is 0 Å². The van der Waals surface area contributed by atoms with Gasteiger partial charge in [0, 0.05) is 16.8 Å². The molecule has 4 rings (SSSR count). The number of para-hydroxylation sites is 1. The molecule has 0 aliphatic carbocycles. The van der Waals surface area contributed by atoms with Gasteiger partial charge >= 0.3 is 0 Å². The van der Waals surface area contributed by atoms with Crippen LogP contribution >= 0.6 is 0 Å². The normalized spacial score (nSPS) is 10.6. The zero-order chi connectivity index (χ0) is 24.6. The molecule has 0 spiro atoms. The van der Waals surface area contributed by atoms with Gasteiger partial charge in [-0.15, -0.1) is 0 Å². The van der Waals surface area contributed by atoms with Crippen LogP contribution in [0.4, 0.5) is 5.69 Å². The third-order valence-corrected chi connectivity index (χ3v) is 5.96. The Morgan fingerprint density at radius 1 is 0.771 bits per heavy atom. The van der Waals surface area contributed by atoms with E-state index in [2.05, 4.69) is 24.4 Å². The molecule has 0 unspecified atom stereocenters. The first-order chi connectivity index (χ1) is 17.1. The number of amides is 1. The number of aryl methyl sites for hydroxylation is 2. The zero-order valence-electron chi connectivity index (χ0n) is 20.5. The lowest BCUT2D eigenvalue weighted by molar-refractivity contribution is 0.102. The number of nitrogens with one attached hydrogen (secondary N) is 1. The minimum Gasteiger partial charge on any atom is -0.493 e. The summed E-state index contributed by atoms with van der Waals surface area (Å²) in [4.78, 5) is 13.1. The molecule has 35 heavy (non-hydrogen) atoms. The number of anilines is 1. The van der Waals surface area contributed by atoms with Crippen molar-refractivity contribution in [3.8, 4) is 22.6 Å². The monoisotopic (exact) mass is 465 g/mol. The van der Waals surface area contributed by atoms with Gasteiger partial charge in [0.2, 0.25) is 0 Å². The molecular weight excluding hydrogens is 434 g/mol. The molecule has 0 saturated carbocycles. The zero-order valence-corrected chi connectivity index (χ0v) is 20.5. The fraction of sp³-hybridized carbons (Fsp3) is 0.194. The van der Waals surface area contributed by atoms with Crippen molar-refractivity contribution >= 4 is 11.6 Å². The average Bonchev–Trinajstić information content (AvgIpc) is 2.90. The van der Waals surface area contributed by atoms with Crippen LogP contribution in [0.2, 0.25) is 0 Å². The van der Waals surface area contributed by atoms with Crippen LogP contribution in [0, 0.1) is 6.92 Å². The van der Waals surface area contributed by atoms with Crippen molar-refractivity contribution < 1.29 is 14.3 Å². The summed E-state index contributed by atoms with van der Waals surface area (Å²) in [5.74, 6) is 1.33. The molecule has 0 aliphatic rings. The number of benzene rings is 4. The van der Waals surface area contributed by atoms with Crippen molar-refractivity contribution in [3.63, 3.8) is 0 Å². The van der Waals surface area contributed by atoms with E-state index in [0.29, 0.717) is 18.8 Å². The summed E-state index contributed by atoms with van der Waals surface area (Å²) in [5.41, 5.74) is 6.73. The third-order valence-electron chi connectivity index (χ3n) is 5.96. The Balaban J connectivity index is 1.51. The fourth-order valence-electron chi connectivity index (χ4n) is 4.05. The molecule has 0 aliphatic heterocycles. The largest absolute Gasteiger partial charge is 0.493 e. The highest BCUT2D eigenvalue weighted by Crippen LogP contribution is 2.27. The molecule has 0 fully saturated rings. The predicted molar refractivity (Wildman–Crippen MR) is 142 cm³/mol. The first-order valence-corrected chi connectivity index (χ1v) is 12.0. The fourth-order valence-corrected chi connectivity index (χ4v) is 4.05. The van der Waals surface area contributed by atoms with E-state index in [-0.39, 0.29) is 5.91 Å². The maximum atomic E-state index is 13.1. The topological polar surface area (TPSA) is 47.6 Å². The van der Waals surface area contributed by atoms with Gasteiger partial charge in [-0.05, 0) is 72.9 Å². The van der Waals surface area contributed by atoms with Crippen LogP contribution in [0.25, 0.3) is 11.1 Å². The standard InChI is InChI=1S/C31H31NO3/c1-4-23-13-9-10-22(3)30(23)32-31(33)26-16-19-29(34-5-2)27(20-26)21-35-28-17-14-25(15-18-28)24-11-7-6-8-12-24/h6-20H,4-5,21H2,1-3H3,(H,32,33).